The maximum absolute atomic E-state index is 13.4. The summed E-state index contributed by atoms with van der Waals surface area (Å²) < 4.78 is 39.7. The predicted molar refractivity (Wildman–Crippen MR) is 80.6 cm³/mol. The molecule has 0 aliphatic rings. The van der Waals surface area contributed by atoms with Crippen molar-refractivity contribution in [1.82, 2.24) is 4.31 Å². The Hall–Kier alpha value is -1.92. The number of hydrogen-bond acceptors (Lipinski definition) is 3. The van der Waals surface area contributed by atoms with E-state index >= 15 is 0 Å². The van der Waals surface area contributed by atoms with Gasteiger partial charge in [0.1, 0.15) is 5.82 Å². The van der Waals surface area contributed by atoms with Crippen LogP contribution in [0.2, 0.25) is 0 Å². The predicted octanol–water partition coefficient (Wildman–Crippen LogP) is 2.54. The van der Waals surface area contributed by atoms with Crippen molar-refractivity contribution in [3.05, 3.63) is 59.4 Å². The monoisotopic (exact) mass is 308 g/mol. The lowest BCUT2D eigenvalue weighted by Gasteiger charge is -2.19. The van der Waals surface area contributed by atoms with Gasteiger partial charge in [0, 0.05) is 13.6 Å². The third kappa shape index (κ3) is 3.22. The van der Waals surface area contributed by atoms with Crippen LogP contribution in [0.5, 0.6) is 0 Å². The highest BCUT2D eigenvalue weighted by molar-refractivity contribution is 7.89. The highest BCUT2D eigenvalue weighted by atomic mass is 32.2. The molecule has 0 fully saturated rings. The van der Waals surface area contributed by atoms with Crippen molar-refractivity contribution in [2.75, 3.05) is 12.8 Å². The Morgan fingerprint density at radius 2 is 1.81 bits per heavy atom. The first-order valence-electron chi connectivity index (χ1n) is 6.38. The molecule has 0 aromatic heterocycles. The van der Waals surface area contributed by atoms with Crippen LogP contribution in [-0.4, -0.2) is 19.8 Å². The van der Waals surface area contributed by atoms with E-state index in [0.717, 1.165) is 11.6 Å². The minimum Gasteiger partial charge on any atom is -0.396 e. The minimum atomic E-state index is -3.72. The molecule has 0 spiro atoms. The van der Waals surface area contributed by atoms with Crippen LogP contribution in [0.1, 0.15) is 11.1 Å². The van der Waals surface area contributed by atoms with E-state index < -0.39 is 15.8 Å². The summed E-state index contributed by atoms with van der Waals surface area (Å²) in [5.41, 5.74) is 6.51. The Balaban J connectivity index is 2.36. The van der Waals surface area contributed by atoms with Gasteiger partial charge in [0.25, 0.3) is 0 Å². The number of nitrogens with zero attached hydrogens (tertiary/aromatic N) is 1. The summed E-state index contributed by atoms with van der Waals surface area (Å²) in [6.07, 6.45) is 0. The highest BCUT2D eigenvalue weighted by Crippen LogP contribution is 2.24. The maximum atomic E-state index is 13.4. The van der Waals surface area contributed by atoms with E-state index in [1.165, 1.54) is 17.4 Å². The molecule has 2 aromatic rings. The van der Waals surface area contributed by atoms with Crippen LogP contribution < -0.4 is 5.73 Å². The average Bonchev–Trinajstić information content (AvgIpc) is 2.43. The molecular weight excluding hydrogens is 291 g/mol. The van der Waals surface area contributed by atoms with Crippen LogP contribution in [0, 0.1) is 12.7 Å². The van der Waals surface area contributed by atoms with Gasteiger partial charge in [0.05, 0.1) is 10.6 Å². The number of hydrogen-bond donors (Lipinski definition) is 1. The molecule has 0 amide bonds. The van der Waals surface area contributed by atoms with Gasteiger partial charge >= 0.3 is 0 Å². The molecule has 0 saturated carbocycles. The number of halogens is 1. The zero-order chi connectivity index (χ0) is 15.6. The Morgan fingerprint density at radius 3 is 2.43 bits per heavy atom. The van der Waals surface area contributed by atoms with Crippen molar-refractivity contribution in [2.24, 2.45) is 0 Å². The van der Waals surface area contributed by atoms with Crippen molar-refractivity contribution in [3.63, 3.8) is 0 Å². The van der Waals surface area contributed by atoms with Gasteiger partial charge in [-0.15, -0.1) is 0 Å². The smallest absolute Gasteiger partial charge is 0.243 e. The Bertz CT molecular complexity index is 746. The first-order valence-corrected chi connectivity index (χ1v) is 7.82. The molecule has 2 N–H and O–H groups in total. The third-order valence-electron chi connectivity index (χ3n) is 3.23. The molecular formula is C15H17FN2O2S. The Kier molecular flexibility index (Phi) is 4.29. The van der Waals surface area contributed by atoms with E-state index in [0.29, 0.717) is 5.56 Å². The molecule has 0 aliphatic carbocycles. The summed E-state index contributed by atoms with van der Waals surface area (Å²) in [6.45, 7) is 1.78. The van der Waals surface area contributed by atoms with Crippen molar-refractivity contribution in [3.8, 4) is 0 Å². The summed E-state index contributed by atoms with van der Waals surface area (Å²) in [7, 11) is -2.23. The van der Waals surface area contributed by atoms with Crippen LogP contribution in [-0.2, 0) is 16.6 Å². The van der Waals surface area contributed by atoms with E-state index in [-0.39, 0.29) is 17.1 Å². The van der Waals surface area contributed by atoms with Gasteiger partial charge in [0.15, 0.2) is 0 Å². The summed E-state index contributed by atoms with van der Waals surface area (Å²) >= 11 is 0. The molecule has 0 aliphatic heterocycles. The fourth-order valence-electron chi connectivity index (χ4n) is 2.04. The lowest BCUT2D eigenvalue weighted by atomic mass is 10.2. The second-order valence-corrected chi connectivity index (χ2v) is 6.90. The quantitative estimate of drug-likeness (QED) is 0.883. The number of sulfonamides is 1. The lowest BCUT2D eigenvalue weighted by Crippen LogP contribution is -2.27. The zero-order valence-electron chi connectivity index (χ0n) is 11.9. The molecule has 0 heterocycles. The SMILES string of the molecule is Cc1cc(F)c(N)cc1S(=O)(=O)N(C)Cc1ccccc1. The fourth-order valence-corrected chi connectivity index (χ4v) is 3.44. The number of nitrogens with two attached hydrogens (primary N) is 1. The lowest BCUT2D eigenvalue weighted by molar-refractivity contribution is 0.466. The second kappa shape index (κ2) is 5.83. The third-order valence-corrected chi connectivity index (χ3v) is 5.18. The largest absolute Gasteiger partial charge is 0.396 e. The topological polar surface area (TPSA) is 63.4 Å². The summed E-state index contributed by atoms with van der Waals surface area (Å²) in [5.74, 6) is -0.614. The summed E-state index contributed by atoms with van der Waals surface area (Å²) in [6, 6.07) is 11.5. The summed E-state index contributed by atoms with van der Waals surface area (Å²) in [5, 5.41) is 0. The number of benzene rings is 2. The number of anilines is 1. The van der Waals surface area contributed by atoms with Gasteiger partial charge in [-0.05, 0) is 30.2 Å². The van der Waals surface area contributed by atoms with Crippen LogP contribution >= 0.6 is 0 Å². The molecule has 2 rings (SSSR count). The van der Waals surface area contributed by atoms with E-state index in [9.17, 15) is 12.8 Å². The highest BCUT2D eigenvalue weighted by Gasteiger charge is 2.24. The van der Waals surface area contributed by atoms with Crippen LogP contribution in [0.15, 0.2) is 47.4 Å². The first-order chi connectivity index (χ1) is 9.82. The van der Waals surface area contributed by atoms with Crippen molar-refractivity contribution in [1.29, 1.82) is 0 Å². The van der Waals surface area contributed by atoms with E-state index in [1.54, 1.807) is 6.92 Å². The van der Waals surface area contributed by atoms with Crippen LogP contribution in [0.4, 0.5) is 10.1 Å². The minimum absolute atomic E-state index is 0.0276. The van der Waals surface area contributed by atoms with E-state index in [1.807, 2.05) is 30.3 Å². The molecule has 21 heavy (non-hydrogen) atoms. The maximum Gasteiger partial charge on any atom is 0.243 e. The van der Waals surface area contributed by atoms with Gasteiger partial charge in [-0.25, -0.2) is 12.8 Å². The van der Waals surface area contributed by atoms with Gasteiger partial charge in [-0.1, -0.05) is 30.3 Å². The number of aryl methyl sites for hydroxylation is 1. The van der Waals surface area contributed by atoms with Crippen molar-refractivity contribution < 1.29 is 12.8 Å². The molecule has 0 radical (unpaired) electrons. The molecule has 0 atom stereocenters. The molecule has 0 unspecified atom stereocenters. The van der Waals surface area contributed by atoms with Gasteiger partial charge in [-0.2, -0.15) is 4.31 Å². The van der Waals surface area contributed by atoms with Gasteiger partial charge in [-0.3, -0.25) is 0 Å². The molecule has 0 saturated heterocycles. The summed E-state index contributed by atoms with van der Waals surface area (Å²) in [4.78, 5) is 0.0276. The number of nitrogen functional groups attached to an aromatic ring is 1. The Labute approximate surface area is 124 Å². The number of rotatable bonds is 4. The zero-order valence-corrected chi connectivity index (χ0v) is 12.7. The van der Waals surface area contributed by atoms with E-state index in [2.05, 4.69) is 0 Å². The normalized spacial score (nSPS) is 11.8. The molecule has 112 valence electrons. The average molecular weight is 308 g/mol. The van der Waals surface area contributed by atoms with Crippen molar-refractivity contribution in [2.45, 2.75) is 18.4 Å². The van der Waals surface area contributed by atoms with Crippen molar-refractivity contribution >= 4 is 15.7 Å². The molecule has 2 aromatic carbocycles. The second-order valence-electron chi connectivity index (χ2n) is 4.89. The molecule has 4 nitrogen and oxygen atoms in total. The van der Waals surface area contributed by atoms with Crippen LogP contribution in [0.3, 0.4) is 0 Å². The molecule has 6 heteroatoms. The fraction of sp³-hybridized carbons (Fsp3) is 0.200. The Morgan fingerprint density at radius 1 is 1.19 bits per heavy atom. The van der Waals surface area contributed by atoms with Gasteiger partial charge < -0.3 is 5.73 Å². The molecule has 0 bridgehead atoms. The standard InChI is InChI=1S/C15H17FN2O2S/c1-11-8-13(16)14(17)9-15(11)21(19,20)18(2)10-12-6-4-3-5-7-12/h3-9H,10,17H2,1-2H3. The first kappa shape index (κ1) is 15.5. The van der Waals surface area contributed by atoms with Gasteiger partial charge in [0.2, 0.25) is 10.0 Å². The van der Waals surface area contributed by atoms with Crippen LogP contribution in [0.25, 0.3) is 0 Å². The van der Waals surface area contributed by atoms with E-state index in [4.69, 9.17) is 5.73 Å².